The van der Waals surface area contributed by atoms with Gasteiger partial charge in [-0.25, -0.2) is 4.79 Å². The summed E-state index contributed by atoms with van der Waals surface area (Å²) in [5.74, 6) is 0. The Kier molecular flexibility index (Phi) is 11.0. The number of methoxy groups -OCH3 is 1. The van der Waals surface area contributed by atoms with Gasteiger partial charge in [-0.1, -0.05) is 6.42 Å². The van der Waals surface area contributed by atoms with E-state index in [0.717, 1.165) is 32.3 Å². The highest BCUT2D eigenvalue weighted by Crippen LogP contribution is 2.00. The molecule has 0 spiro atoms. The Hall–Kier alpha value is -0.850. The van der Waals surface area contributed by atoms with Crippen molar-refractivity contribution in [1.82, 2.24) is 5.32 Å². The fourth-order valence-electron chi connectivity index (χ4n) is 1.25. The molecule has 0 heterocycles. The van der Waals surface area contributed by atoms with Crippen LogP contribution >= 0.6 is 0 Å². The van der Waals surface area contributed by atoms with Crippen LogP contribution in [-0.4, -0.2) is 50.7 Å². The van der Waals surface area contributed by atoms with Crippen LogP contribution in [0, 0.1) is 0 Å². The fraction of sp³-hybridized carbons (Fsp3) is 0.909. The Morgan fingerprint density at radius 2 is 1.94 bits per heavy atom. The molecule has 0 bridgehead atoms. The molecule has 0 aliphatic carbocycles. The lowest BCUT2D eigenvalue weighted by Crippen LogP contribution is -2.43. The van der Waals surface area contributed by atoms with E-state index in [-0.39, 0.29) is 13.2 Å². The van der Waals surface area contributed by atoms with Crippen LogP contribution in [0.15, 0.2) is 0 Å². The highest BCUT2D eigenvalue weighted by molar-refractivity contribution is 5.67. The van der Waals surface area contributed by atoms with E-state index >= 15 is 0 Å². The number of rotatable bonds is 10. The summed E-state index contributed by atoms with van der Waals surface area (Å²) < 4.78 is 9.86. The number of unbranched alkanes of at least 4 members (excludes halogenated alkanes) is 3. The third-order valence-electron chi connectivity index (χ3n) is 2.30. The topological polar surface area (TPSA) is 93.8 Å². The SMILES string of the molecule is COCCCCCCOC(=O)N[C@H](CN)CO. The van der Waals surface area contributed by atoms with Crippen molar-refractivity contribution in [2.75, 3.05) is 33.5 Å². The molecule has 0 rings (SSSR count). The molecule has 0 unspecified atom stereocenters. The zero-order valence-electron chi connectivity index (χ0n) is 10.5. The Labute approximate surface area is 102 Å². The second-order valence-corrected chi connectivity index (χ2v) is 3.80. The van der Waals surface area contributed by atoms with E-state index in [1.807, 2.05) is 0 Å². The van der Waals surface area contributed by atoms with Crippen LogP contribution in [0.25, 0.3) is 0 Å². The first-order valence-corrected chi connectivity index (χ1v) is 5.97. The molecular weight excluding hydrogens is 224 g/mol. The molecule has 0 radical (unpaired) electrons. The van der Waals surface area contributed by atoms with Crippen molar-refractivity contribution in [3.8, 4) is 0 Å². The molecule has 0 aromatic heterocycles. The summed E-state index contributed by atoms with van der Waals surface area (Å²) in [4.78, 5) is 11.2. The third kappa shape index (κ3) is 10.0. The zero-order valence-corrected chi connectivity index (χ0v) is 10.5. The molecule has 0 saturated heterocycles. The number of amides is 1. The molecule has 0 aliphatic rings. The Morgan fingerprint density at radius 1 is 1.29 bits per heavy atom. The Balaban J connectivity index is 3.33. The second kappa shape index (κ2) is 11.6. The molecule has 6 nitrogen and oxygen atoms in total. The zero-order chi connectivity index (χ0) is 12.9. The summed E-state index contributed by atoms with van der Waals surface area (Å²) in [6.45, 7) is 1.18. The van der Waals surface area contributed by atoms with Crippen LogP contribution in [-0.2, 0) is 9.47 Å². The number of alkyl carbamates (subject to hydrolysis) is 1. The number of nitrogens with two attached hydrogens (primary N) is 1. The van der Waals surface area contributed by atoms with Gasteiger partial charge in [0.05, 0.1) is 19.3 Å². The molecule has 17 heavy (non-hydrogen) atoms. The van der Waals surface area contributed by atoms with E-state index in [1.54, 1.807) is 7.11 Å². The molecule has 4 N–H and O–H groups in total. The van der Waals surface area contributed by atoms with Crippen LogP contribution in [0.5, 0.6) is 0 Å². The minimum Gasteiger partial charge on any atom is -0.450 e. The summed E-state index contributed by atoms with van der Waals surface area (Å²) >= 11 is 0. The molecule has 6 heteroatoms. The summed E-state index contributed by atoms with van der Waals surface area (Å²) in [6, 6.07) is -0.427. The molecule has 1 amide bonds. The van der Waals surface area contributed by atoms with Crippen LogP contribution in [0.1, 0.15) is 25.7 Å². The maximum Gasteiger partial charge on any atom is 0.407 e. The van der Waals surface area contributed by atoms with Gasteiger partial charge in [0.25, 0.3) is 0 Å². The minimum atomic E-state index is -0.522. The highest BCUT2D eigenvalue weighted by atomic mass is 16.5. The lowest BCUT2D eigenvalue weighted by Gasteiger charge is -2.13. The van der Waals surface area contributed by atoms with E-state index in [2.05, 4.69) is 5.32 Å². The normalized spacial score (nSPS) is 12.2. The van der Waals surface area contributed by atoms with Crippen LogP contribution in [0.3, 0.4) is 0 Å². The number of aliphatic hydroxyl groups is 1. The van der Waals surface area contributed by atoms with E-state index < -0.39 is 12.1 Å². The van der Waals surface area contributed by atoms with Crippen molar-refractivity contribution in [2.24, 2.45) is 5.73 Å². The summed E-state index contributed by atoms with van der Waals surface area (Å²) in [7, 11) is 1.68. The lowest BCUT2D eigenvalue weighted by atomic mass is 10.2. The molecule has 0 aromatic carbocycles. The average molecular weight is 248 g/mol. The van der Waals surface area contributed by atoms with Gasteiger partial charge in [0.15, 0.2) is 0 Å². The van der Waals surface area contributed by atoms with Gasteiger partial charge in [0, 0.05) is 20.3 Å². The monoisotopic (exact) mass is 248 g/mol. The molecule has 0 fully saturated rings. The number of aliphatic hydroxyl groups excluding tert-OH is 1. The first-order chi connectivity index (χ1) is 8.24. The van der Waals surface area contributed by atoms with Crippen LogP contribution in [0.2, 0.25) is 0 Å². The predicted octanol–water partition coefficient (Wildman–Crippen LogP) is 0.239. The molecular formula is C11H24N2O4. The Bertz CT molecular complexity index is 186. The van der Waals surface area contributed by atoms with E-state index in [9.17, 15) is 4.79 Å². The van der Waals surface area contributed by atoms with Gasteiger partial charge in [0.1, 0.15) is 0 Å². The van der Waals surface area contributed by atoms with E-state index in [4.69, 9.17) is 20.3 Å². The standard InChI is InChI=1S/C11H24N2O4/c1-16-6-4-2-3-5-7-17-11(15)13-10(8-12)9-14/h10,14H,2-9,12H2,1H3,(H,13,15)/t10-/m1/s1. The Morgan fingerprint density at radius 3 is 2.47 bits per heavy atom. The number of carbonyl (C=O) groups is 1. The van der Waals surface area contributed by atoms with Crippen molar-refractivity contribution in [3.05, 3.63) is 0 Å². The van der Waals surface area contributed by atoms with Gasteiger partial charge in [-0.2, -0.15) is 0 Å². The van der Waals surface area contributed by atoms with Crippen molar-refractivity contribution in [2.45, 2.75) is 31.7 Å². The van der Waals surface area contributed by atoms with E-state index in [0.29, 0.717) is 6.61 Å². The molecule has 102 valence electrons. The number of hydrogen-bond acceptors (Lipinski definition) is 5. The van der Waals surface area contributed by atoms with Gasteiger partial charge in [-0.3, -0.25) is 0 Å². The van der Waals surface area contributed by atoms with Crippen LogP contribution < -0.4 is 11.1 Å². The van der Waals surface area contributed by atoms with Gasteiger partial charge in [0.2, 0.25) is 0 Å². The highest BCUT2D eigenvalue weighted by Gasteiger charge is 2.09. The molecule has 0 saturated carbocycles. The van der Waals surface area contributed by atoms with Crippen molar-refractivity contribution in [3.63, 3.8) is 0 Å². The first-order valence-electron chi connectivity index (χ1n) is 5.97. The smallest absolute Gasteiger partial charge is 0.407 e. The lowest BCUT2D eigenvalue weighted by molar-refractivity contribution is 0.133. The summed E-state index contributed by atoms with van der Waals surface area (Å²) in [5, 5.41) is 11.3. The van der Waals surface area contributed by atoms with Gasteiger partial charge in [-0.15, -0.1) is 0 Å². The number of carbonyl (C=O) groups excluding carboxylic acids is 1. The first kappa shape index (κ1) is 16.1. The minimum absolute atomic E-state index is 0.178. The molecule has 0 aromatic rings. The number of ether oxygens (including phenoxy) is 2. The average Bonchev–Trinajstić information content (AvgIpc) is 2.34. The van der Waals surface area contributed by atoms with Gasteiger partial charge < -0.3 is 25.6 Å². The maximum atomic E-state index is 11.2. The predicted molar refractivity (Wildman–Crippen MR) is 64.8 cm³/mol. The maximum absolute atomic E-state index is 11.2. The fourth-order valence-corrected chi connectivity index (χ4v) is 1.25. The summed E-state index contributed by atoms with van der Waals surface area (Å²) in [6.07, 6.45) is 3.43. The quantitative estimate of drug-likeness (QED) is 0.481. The largest absolute Gasteiger partial charge is 0.450 e. The van der Waals surface area contributed by atoms with Crippen LogP contribution in [0.4, 0.5) is 4.79 Å². The van der Waals surface area contributed by atoms with Gasteiger partial charge >= 0.3 is 6.09 Å². The van der Waals surface area contributed by atoms with Crippen molar-refractivity contribution < 1.29 is 19.4 Å². The number of nitrogens with one attached hydrogen (secondary N) is 1. The molecule has 0 aliphatic heterocycles. The van der Waals surface area contributed by atoms with E-state index in [1.165, 1.54) is 0 Å². The van der Waals surface area contributed by atoms with Crippen molar-refractivity contribution >= 4 is 6.09 Å². The van der Waals surface area contributed by atoms with Crippen molar-refractivity contribution in [1.29, 1.82) is 0 Å². The number of hydrogen-bond donors (Lipinski definition) is 3. The van der Waals surface area contributed by atoms with Gasteiger partial charge in [-0.05, 0) is 19.3 Å². The summed E-state index contributed by atoms with van der Waals surface area (Å²) in [5.41, 5.74) is 5.31. The second-order valence-electron chi connectivity index (χ2n) is 3.80. The molecule has 1 atom stereocenters. The third-order valence-corrected chi connectivity index (χ3v) is 2.30.